The van der Waals surface area contributed by atoms with Crippen molar-refractivity contribution in [2.24, 2.45) is 11.8 Å². The lowest BCUT2D eigenvalue weighted by Gasteiger charge is -2.29. The highest BCUT2D eigenvalue weighted by molar-refractivity contribution is 6.17. The minimum atomic E-state index is 0.0432. The van der Waals surface area contributed by atoms with Gasteiger partial charge < -0.3 is 4.90 Å². The first-order valence-electron chi connectivity index (χ1n) is 26.0. The first-order valence-corrected chi connectivity index (χ1v) is 26.0. The zero-order chi connectivity index (χ0) is 47.6. The lowest BCUT2D eigenvalue weighted by Crippen LogP contribution is -2.18. The smallest absolute Gasteiger partial charge is 0.0465 e. The van der Waals surface area contributed by atoms with Gasteiger partial charge in [-0.15, -0.1) is 0 Å². The Hall–Kier alpha value is -6.96. The molecule has 0 fully saturated rings. The molecule has 0 amide bonds. The molecule has 0 aromatic heterocycles. The van der Waals surface area contributed by atoms with Crippen LogP contribution in [-0.2, 0) is 11.8 Å². The van der Waals surface area contributed by atoms with Crippen LogP contribution in [0.2, 0.25) is 0 Å². The largest absolute Gasteiger partial charge is 0.310 e. The number of nitrogens with zero attached hydrogens (tertiary/aromatic N) is 1. The fraction of sp³-hybridized carbons (Fsp3) is 0.235. The number of benzene rings is 9. The number of hydrogen-bond acceptors (Lipinski definition) is 1. The molecule has 0 spiro atoms. The Bertz CT molecular complexity index is 3540. The van der Waals surface area contributed by atoms with E-state index < -0.39 is 0 Å². The second-order valence-electron chi connectivity index (χ2n) is 20.1. The van der Waals surface area contributed by atoms with Crippen LogP contribution in [0.25, 0.3) is 77.0 Å². The Morgan fingerprint density at radius 2 is 1.14 bits per heavy atom. The molecule has 0 N–H and O–H groups in total. The second kappa shape index (κ2) is 17.8. The summed E-state index contributed by atoms with van der Waals surface area (Å²) in [5, 5.41) is 10.5. The van der Waals surface area contributed by atoms with Crippen LogP contribution in [0.5, 0.6) is 0 Å². The van der Waals surface area contributed by atoms with Crippen LogP contribution in [-0.4, -0.2) is 0 Å². The molecule has 0 saturated carbocycles. The Labute approximate surface area is 410 Å². The van der Waals surface area contributed by atoms with Gasteiger partial charge in [0.1, 0.15) is 0 Å². The van der Waals surface area contributed by atoms with Crippen LogP contribution in [0.1, 0.15) is 108 Å². The molecule has 9 aromatic carbocycles. The third-order valence-corrected chi connectivity index (χ3v) is 15.9. The van der Waals surface area contributed by atoms with Gasteiger partial charge in [0.05, 0.1) is 0 Å². The summed E-state index contributed by atoms with van der Waals surface area (Å²) in [6.45, 7) is 17.6. The number of hydrogen-bond donors (Lipinski definition) is 0. The fourth-order valence-electron chi connectivity index (χ4n) is 12.5. The summed E-state index contributed by atoms with van der Waals surface area (Å²) in [4.78, 5) is 2.48. The van der Waals surface area contributed by atoms with Gasteiger partial charge >= 0.3 is 0 Å². The molecule has 0 heterocycles. The monoisotopic (exact) mass is 896 g/mol. The maximum atomic E-state index is 2.50. The van der Waals surface area contributed by atoms with Gasteiger partial charge in [0.15, 0.2) is 0 Å². The molecule has 1 nitrogen and oxygen atoms in total. The van der Waals surface area contributed by atoms with Crippen molar-refractivity contribution in [2.75, 3.05) is 4.90 Å². The van der Waals surface area contributed by atoms with Crippen molar-refractivity contribution in [3.8, 4) is 22.3 Å². The molecule has 4 aliphatic carbocycles. The van der Waals surface area contributed by atoms with Gasteiger partial charge in [-0.1, -0.05) is 188 Å². The zero-order valence-electron chi connectivity index (χ0n) is 41.8. The molecule has 0 saturated heterocycles. The topological polar surface area (TPSA) is 3.24 Å². The van der Waals surface area contributed by atoms with Crippen LogP contribution >= 0.6 is 0 Å². The maximum Gasteiger partial charge on any atom is 0.0465 e. The Morgan fingerprint density at radius 3 is 1.88 bits per heavy atom. The summed E-state index contributed by atoms with van der Waals surface area (Å²) in [5.41, 5.74) is 19.1. The van der Waals surface area contributed by atoms with E-state index in [1.54, 1.807) is 11.1 Å². The van der Waals surface area contributed by atoms with Crippen molar-refractivity contribution in [3.05, 3.63) is 209 Å². The van der Waals surface area contributed by atoms with Gasteiger partial charge in [-0.3, -0.25) is 0 Å². The Morgan fingerprint density at radius 1 is 0.522 bits per heavy atom. The van der Waals surface area contributed by atoms with E-state index in [2.05, 4.69) is 215 Å². The summed E-state index contributed by atoms with van der Waals surface area (Å²) in [5.74, 6) is 1.76. The molecule has 69 heavy (non-hydrogen) atoms. The highest BCUT2D eigenvalue weighted by Crippen LogP contribution is 2.56. The van der Waals surface area contributed by atoms with Gasteiger partial charge in [0.2, 0.25) is 0 Å². The third kappa shape index (κ3) is 7.36. The average molecular weight is 896 g/mol. The van der Waals surface area contributed by atoms with E-state index in [4.69, 9.17) is 0 Å². The summed E-state index contributed by atoms with van der Waals surface area (Å²) in [6, 6.07) is 60.4. The maximum absolute atomic E-state index is 2.50. The van der Waals surface area contributed by atoms with Gasteiger partial charge in [0, 0.05) is 28.4 Å². The molecule has 0 radical (unpaired) electrons. The zero-order valence-corrected chi connectivity index (χ0v) is 41.8. The molecule has 0 bridgehead atoms. The Kier molecular flexibility index (Phi) is 11.5. The van der Waals surface area contributed by atoms with E-state index in [1.807, 2.05) is 27.7 Å². The minimum Gasteiger partial charge on any atom is -0.310 e. The van der Waals surface area contributed by atoms with Crippen LogP contribution in [0.3, 0.4) is 0 Å². The molecule has 0 aliphatic heterocycles. The second-order valence-corrected chi connectivity index (χ2v) is 20.1. The number of anilines is 3. The summed E-state index contributed by atoms with van der Waals surface area (Å²) in [7, 11) is 0. The standard InChI is InChI=1S/C64H53N.2C2H6/c1-39-16-18-43(34-39)41-19-25-47(26-20-41)65(49-29-32-57-62(38-49)64(3,4)61-33-17-40(2)63(57)61)48-27-21-42(22-28-48)44-23-30-55-56-31-24-46(37-60(56)54-15-9-14-53(54)59(55)35-44)58-36-45-10-5-6-11-50(45)51-12-7-8-13-52(51)58;2*1-2/h5-14,16,18-32,35-40,43H,15,17,33-34H2,1-4H3;2*1-2H3. The Balaban J connectivity index is 0.00000127. The van der Waals surface area contributed by atoms with Crippen LogP contribution in [0.4, 0.5) is 17.1 Å². The van der Waals surface area contributed by atoms with E-state index in [1.165, 1.54) is 129 Å². The van der Waals surface area contributed by atoms with Crippen LogP contribution in [0, 0.1) is 11.8 Å². The van der Waals surface area contributed by atoms with E-state index in [0.717, 1.165) is 6.42 Å². The average Bonchev–Trinajstić information content (AvgIpc) is 4.21. The minimum absolute atomic E-state index is 0.0432. The molecule has 9 aromatic rings. The van der Waals surface area contributed by atoms with Gasteiger partial charge in [0.25, 0.3) is 0 Å². The van der Waals surface area contributed by atoms with Gasteiger partial charge in [-0.2, -0.15) is 0 Å². The third-order valence-electron chi connectivity index (χ3n) is 15.9. The highest BCUT2D eigenvalue weighted by Gasteiger charge is 2.42. The molecule has 3 unspecified atom stereocenters. The van der Waals surface area contributed by atoms with E-state index >= 15 is 0 Å². The molecular weight excluding hydrogens is 831 g/mol. The summed E-state index contributed by atoms with van der Waals surface area (Å²) < 4.78 is 0. The van der Waals surface area contributed by atoms with E-state index in [0.29, 0.717) is 17.8 Å². The van der Waals surface area contributed by atoms with Crippen LogP contribution < -0.4 is 4.90 Å². The van der Waals surface area contributed by atoms with Gasteiger partial charge in [-0.05, 0) is 191 Å². The highest BCUT2D eigenvalue weighted by atomic mass is 15.1. The lowest BCUT2D eigenvalue weighted by atomic mass is 9.80. The molecule has 342 valence electrons. The molecular formula is C68H65N. The van der Waals surface area contributed by atoms with Gasteiger partial charge in [-0.25, -0.2) is 0 Å². The van der Waals surface area contributed by atoms with Crippen molar-refractivity contribution in [1.29, 1.82) is 0 Å². The SMILES string of the molecule is CC.CC.CC1C=CC(c2ccc(N(c3ccc(-c4ccc5c(c4)c4c(c6cc(-c7cc8ccccc8c8ccccc78)ccc65)CC=C4)cc3)c3ccc4c(c3)C(C)(C)C3=C4C(C)CC3)cc2)C1. The normalized spacial score (nSPS) is 18.3. The van der Waals surface area contributed by atoms with Crippen molar-refractivity contribution in [3.63, 3.8) is 0 Å². The fourth-order valence-corrected chi connectivity index (χ4v) is 12.5. The summed E-state index contributed by atoms with van der Waals surface area (Å²) in [6.07, 6.45) is 14.1. The lowest BCUT2D eigenvalue weighted by molar-refractivity contribution is 0.595. The van der Waals surface area contributed by atoms with Crippen molar-refractivity contribution in [2.45, 2.75) is 92.4 Å². The number of fused-ring (bicyclic) bond motifs is 11. The predicted octanol–water partition coefficient (Wildman–Crippen LogP) is 19.9. The van der Waals surface area contributed by atoms with Crippen LogP contribution in [0.15, 0.2) is 182 Å². The number of rotatable bonds is 6. The van der Waals surface area contributed by atoms with Crippen molar-refractivity contribution >= 4 is 71.8 Å². The molecule has 3 atom stereocenters. The number of allylic oxidation sites excluding steroid dienone is 5. The first kappa shape index (κ1) is 44.5. The first-order chi connectivity index (χ1) is 33.8. The van der Waals surface area contributed by atoms with E-state index in [9.17, 15) is 0 Å². The summed E-state index contributed by atoms with van der Waals surface area (Å²) >= 11 is 0. The molecule has 13 rings (SSSR count). The predicted molar refractivity (Wildman–Crippen MR) is 301 cm³/mol. The van der Waals surface area contributed by atoms with E-state index in [-0.39, 0.29) is 5.41 Å². The molecule has 4 aliphatic rings. The quantitative estimate of drug-likeness (QED) is 0.119. The molecule has 1 heteroatoms. The van der Waals surface area contributed by atoms with Crippen molar-refractivity contribution < 1.29 is 0 Å². The van der Waals surface area contributed by atoms with Crippen molar-refractivity contribution in [1.82, 2.24) is 0 Å².